The maximum absolute atomic E-state index is 14.7. The second-order valence-electron chi connectivity index (χ2n) is 36.7. The number of hydrogen-bond acceptors (Lipinski definition) is 22. The Balaban J connectivity index is 0.000000199. The Labute approximate surface area is 726 Å². The molecule has 0 spiro atoms. The van der Waals surface area contributed by atoms with Crippen molar-refractivity contribution in [1.82, 2.24) is 45.8 Å². The first kappa shape index (κ1) is 92.1. The van der Waals surface area contributed by atoms with Gasteiger partial charge in [0, 0.05) is 70.1 Å². The summed E-state index contributed by atoms with van der Waals surface area (Å²) in [7, 11) is -5.16. The number of Topliss-reactive ketones (excluding diaryl/α,β-unsaturated/α-hetero) is 2. The van der Waals surface area contributed by atoms with E-state index in [2.05, 4.69) is 26.0 Å². The largest absolute Gasteiger partial charge is 0.497 e. The van der Waals surface area contributed by atoms with Crippen LogP contribution in [-0.2, 0) is 58.3 Å². The topological polar surface area (TPSA) is 433 Å². The molecule has 4 saturated carbocycles. The number of aliphatic carboxylic acids is 1. The van der Waals surface area contributed by atoms with Gasteiger partial charge >= 0.3 is 18.2 Å². The molecule has 8 aromatic rings. The van der Waals surface area contributed by atoms with E-state index in [0.717, 1.165) is 11.1 Å². The first-order valence-corrected chi connectivity index (χ1v) is 44.3. The molecule has 2 saturated heterocycles. The molecule has 125 heavy (non-hydrogen) atoms. The van der Waals surface area contributed by atoms with Crippen molar-refractivity contribution < 1.29 is 98.3 Å². The van der Waals surface area contributed by atoms with Crippen LogP contribution >= 0.6 is 0 Å². The fraction of sp³-hybridized carbons (Fsp3) is 0.435. The van der Waals surface area contributed by atoms with Crippen molar-refractivity contribution in [2.75, 3.05) is 27.3 Å². The molecule has 2 aromatic heterocycles. The van der Waals surface area contributed by atoms with Crippen LogP contribution in [0, 0.1) is 10.8 Å². The first-order valence-electron chi connectivity index (χ1n) is 41.3. The Bertz CT molecular complexity index is 5700. The number of fused-ring (bicyclic) bond motifs is 2. The summed E-state index contributed by atoms with van der Waals surface area (Å²) in [4.78, 5) is 147. The molecule has 4 aliphatic carbocycles. The molecule has 31 nitrogen and oxygen atoms in total. The number of carbonyl (C=O) groups excluding carboxylic acids is 9. The average Bonchev–Trinajstić information content (AvgIpc) is 1.56. The number of alkyl carbamates (subject to hydrolysis) is 2. The van der Waals surface area contributed by atoms with Crippen molar-refractivity contribution in [3.05, 3.63) is 181 Å². The number of benzene rings is 6. The molecule has 2 aliphatic heterocycles. The molecule has 6 fully saturated rings. The Morgan fingerprint density at radius 3 is 1.14 bits per heavy atom. The number of nitrogens with one attached hydrogen (secondary N) is 5. The summed E-state index contributed by atoms with van der Waals surface area (Å²) < 4.78 is 84.2. The lowest BCUT2D eigenvalue weighted by Gasteiger charge is -2.36. The number of carbonyl (C=O) groups is 10. The SMILES string of the molecule is COc1ccc2c(O[C@@H]3C[C@@H](C(=O)NC4(C(=O)NS(=O)(=O)C5(C(=O)c6ccccc6)CC5)CC4)N(C(=O)[C@@H](NC(=O)OC(C)(C)C)C(C)(C)C)C3)cc(-c3ccccc3)nc2c1.COc1ccc2c(O[C@@H]3C[C@@H](C(=O)NC4(C(=O)O)CC4)N(C(=O)[C@@H](NC(=O)OC(C)(C)C)C(C)(C)C)C3)cc(-c3ccccc3)nc2c1.NS(=O)(=O)C1(C(=O)c2ccccc2)CC1. The van der Waals surface area contributed by atoms with Gasteiger partial charge in [-0.05, 0) is 128 Å². The third-order valence-electron chi connectivity index (χ3n) is 22.6. The zero-order valence-electron chi connectivity index (χ0n) is 72.4. The lowest BCUT2D eigenvalue weighted by atomic mass is 9.85. The summed E-state index contributed by atoms with van der Waals surface area (Å²) in [5, 5.41) is 27.1. The number of nitrogens with zero attached hydrogens (tertiary/aromatic N) is 4. The molecule has 7 amide bonds. The third kappa shape index (κ3) is 21.1. The maximum Gasteiger partial charge on any atom is 0.408 e. The molecule has 6 aliphatic rings. The van der Waals surface area contributed by atoms with Gasteiger partial charge in [0.2, 0.25) is 43.7 Å². The predicted molar refractivity (Wildman–Crippen MR) is 465 cm³/mol. The summed E-state index contributed by atoms with van der Waals surface area (Å²) in [6.45, 7) is 20.9. The molecule has 8 N–H and O–H groups in total. The molecule has 6 atom stereocenters. The van der Waals surface area contributed by atoms with Crippen molar-refractivity contribution in [2.24, 2.45) is 16.0 Å². The number of nitrogens with two attached hydrogens (primary N) is 1. The highest BCUT2D eigenvalue weighted by Gasteiger charge is 2.64. The summed E-state index contributed by atoms with van der Waals surface area (Å²) in [6, 6.07) is 45.5. The van der Waals surface area contributed by atoms with Crippen LogP contribution < -0.4 is 50.1 Å². The monoisotopic (exact) mass is 1750 g/mol. The second kappa shape index (κ2) is 35.5. The number of carboxylic acids is 1. The molecule has 0 bridgehead atoms. The number of sulfonamides is 2. The van der Waals surface area contributed by atoms with Crippen LogP contribution in [-0.4, -0.2) is 196 Å². The fourth-order valence-corrected chi connectivity index (χ4v) is 17.8. The van der Waals surface area contributed by atoms with Crippen LogP contribution in [0.25, 0.3) is 44.3 Å². The number of amides is 7. The maximum atomic E-state index is 14.7. The van der Waals surface area contributed by atoms with Gasteiger partial charge in [0.05, 0.1) is 49.7 Å². The molecule has 33 heteroatoms. The highest BCUT2D eigenvalue weighted by Crippen LogP contribution is 2.48. The van der Waals surface area contributed by atoms with Crippen molar-refractivity contribution in [3.8, 4) is 45.5 Å². The number of primary sulfonamides is 1. The van der Waals surface area contributed by atoms with Gasteiger partial charge in [-0.2, -0.15) is 0 Å². The Morgan fingerprint density at radius 2 is 0.824 bits per heavy atom. The molecule has 14 rings (SSSR count). The van der Waals surface area contributed by atoms with Crippen molar-refractivity contribution in [1.29, 1.82) is 0 Å². The first-order chi connectivity index (χ1) is 58.6. The lowest BCUT2D eigenvalue weighted by molar-refractivity contribution is -0.146. The highest BCUT2D eigenvalue weighted by molar-refractivity contribution is 7.92. The highest BCUT2D eigenvalue weighted by atomic mass is 32.2. The smallest absolute Gasteiger partial charge is 0.408 e. The van der Waals surface area contributed by atoms with Crippen molar-refractivity contribution in [3.63, 3.8) is 0 Å². The standard InChI is InChI=1S/C46H53N5O10S.C36H44N4O8.C10H11NO3S/c1-43(2,3)37(48-42(56)61-44(4,5)6)40(54)51-27-31(60-36-26-33(28-14-10-8-11-15-28)47-34-24-30(59-7)18-19-32(34)36)25-35(51)39(53)49-45(20-21-45)41(55)50-62(57,58)46(22-23-46)38(52)29-16-12-9-13-17-29;1-34(2,3)29(38-33(45)48-35(4,5)6)31(42)40-20-23(18-27(40)30(41)39-36(15-16-36)32(43)44)47-28-19-25(21-11-9-8-10-12-21)37-26-17-22(46-7)13-14-24(26)28;11-15(13,14)10(6-7-10)9(12)8-4-2-1-3-5-8/h8-19,24,26,31,35,37H,20-23,25,27H2,1-7H3,(H,48,56)(H,49,53)(H,50,55);8-14,17,19,23,27,29H,15-16,18,20H2,1-7H3,(H,38,45)(H,39,41)(H,43,44);1-5H,6-7H2,(H2,11,13,14)/t31-,35+,37-;23-,27+,29-;/m11./s1. The van der Waals surface area contributed by atoms with Crippen molar-refractivity contribution in [2.45, 2.75) is 215 Å². The van der Waals surface area contributed by atoms with Gasteiger partial charge in [-0.1, -0.05) is 163 Å². The normalized spacial score (nSPS) is 19.3. The minimum absolute atomic E-state index is 0.0141. The van der Waals surface area contributed by atoms with Crippen LogP contribution in [0.15, 0.2) is 170 Å². The van der Waals surface area contributed by atoms with Gasteiger partial charge < -0.3 is 64.6 Å². The Morgan fingerprint density at radius 1 is 0.472 bits per heavy atom. The van der Waals surface area contributed by atoms with E-state index in [1.54, 1.807) is 170 Å². The third-order valence-corrected chi connectivity index (χ3v) is 26.4. The molecule has 4 heterocycles. The van der Waals surface area contributed by atoms with E-state index in [4.69, 9.17) is 43.5 Å². The van der Waals surface area contributed by atoms with Gasteiger partial charge in [0.15, 0.2) is 16.3 Å². The van der Waals surface area contributed by atoms with Crippen LogP contribution in [0.4, 0.5) is 9.59 Å². The number of aromatic nitrogens is 2. The van der Waals surface area contributed by atoms with E-state index < -0.39 is 153 Å². The quantitative estimate of drug-likeness (QED) is 0.0261. The van der Waals surface area contributed by atoms with Crippen LogP contribution in [0.2, 0.25) is 0 Å². The number of carboxylic acid groups (broad SMARTS) is 1. The number of ketones is 2. The van der Waals surface area contributed by atoms with E-state index >= 15 is 0 Å². The second-order valence-corrected chi connectivity index (χ2v) is 40.5. The van der Waals surface area contributed by atoms with Crippen LogP contribution in [0.3, 0.4) is 0 Å². The zero-order chi connectivity index (χ0) is 91.0. The van der Waals surface area contributed by atoms with Gasteiger partial charge in [-0.15, -0.1) is 0 Å². The molecule has 0 radical (unpaired) electrons. The number of hydrogen-bond donors (Lipinski definition) is 7. The van der Waals surface area contributed by atoms with E-state index in [1.807, 2.05) is 84.9 Å². The average molecular weight is 1750 g/mol. The number of rotatable bonds is 25. The van der Waals surface area contributed by atoms with E-state index in [-0.39, 0.29) is 63.0 Å². The number of ether oxygens (including phenoxy) is 6. The summed E-state index contributed by atoms with van der Waals surface area (Å²) in [5.74, 6) is -3.32. The van der Waals surface area contributed by atoms with Gasteiger partial charge in [-0.3, -0.25) is 38.3 Å². The zero-order valence-corrected chi connectivity index (χ0v) is 74.0. The molecular formula is C92H108N10O21S2. The van der Waals surface area contributed by atoms with Gasteiger partial charge in [0.1, 0.15) is 86.4 Å². The summed E-state index contributed by atoms with van der Waals surface area (Å²) >= 11 is 0. The van der Waals surface area contributed by atoms with E-state index in [0.29, 0.717) is 87.4 Å². The minimum atomic E-state index is -4.51. The Hall–Kier alpha value is -12.1. The predicted octanol–water partition coefficient (Wildman–Crippen LogP) is 11.3. The fourth-order valence-electron chi connectivity index (χ4n) is 15.1. The number of methoxy groups -OCH3 is 2. The van der Waals surface area contributed by atoms with Crippen LogP contribution in [0.5, 0.6) is 23.0 Å². The van der Waals surface area contributed by atoms with Gasteiger partial charge in [-0.25, -0.2) is 46.3 Å². The molecule has 664 valence electrons. The number of likely N-dealkylation sites (tertiary alicyclic amines) is 2. The summed E-state index contributed by atoms with van der Waals surface area (Å²) in [6.07, 6.45) is -1.33. The summed E-state index contributed by atoms with van der Waals surface area (Å²) in [5.41, 5.74) is -1.41. The Kier molecular flexibility index (Phi) is 26.2. The van der Waals surface area contributed by atoms with Crippen LogP contribution in [0.1, 0.15) is 168 Å². The van der Waals surface area contributed by atoms with E-state index in [1.165, 1.54) is 21.9 Å². The minimum Gasteiger partial charge on any atom is -0.497 e. The molecular weight excluding hydrogens is 1650 g/mol. The van der Waals surface area contributed by atoms with Gasteiger partial charge in [0.25, 0.3) is 5.91 Å². The molecule has 0 unspecified atom stereocenters. The molecule has 6 aromatic carbocycles. The number of pyridine rings is 2. The van der Waals surface area contributed by atoms with Crippen molar-refractivity contribution >= 4 is 101 Å². The van der Waals surface area contributed by atoms with E-state index in [9.17, 15) is 69.9 Å². The lowest BCUT2D eigenvalue weighted by Crippen LogP contribution is -2.60.